The molecule has 0 amide bonds. The largest absolute Gasteiger partial charge is 0.479 e. The number of hydrogen-bond acceptors (Lipinski definition) is 6. The Morgan fingerprint density at radius 1 is 1.21 bits per heavy atom. The van der Waals surface area contributed by atoms with Gasteiger partial charge in [0.2, 0.25) is 0 Å². The van der Waals surface area contributed by atoms with Crippen LogP contribution in [0.25, 0.3) is 22.3 Å². The summed E-state index contributed by atoms with van der Waals surface area (Å²) in [6.07, 6.45) is 3.31. The number of carboxylic acid groups (broad SMARTS) is 1. The van der Waals surface area contributed by atoms with Crippen LogP contribution >= 0.6 is 0 Å². The first-order valence-corrected chi connectivity index (χ1v) is 7.34. The highest BCUT2D eigenvalue weighted by molar-refractivity contribution is 5.90. The van der Waals surface area contributed by atoms with Gasteiger partial charge < -0.3 is 15.5 Å². The Morgan fingerprint density at radius 3 is 2.71 bits per heavy atom. The lowest BCUT2D eigenvalue weighted by molar-refractivity contribution is -0.155. The molecule has 2 aromatic heterocycles. The maximum absolute atomic E-state index is 11.1. The van der Waals surface area contributed by atoms with Crippen molar-refractivity contribution in [3.8, 4) is 11.4 Å². The Kier molecular flexibility index (Phi) is 4.09. The van der Waals surface area contributed by atoms with Crippen LogP contribution in [0.2, 0.25) is 0 Å². The maximum atomic E-state index is 11.1. The van der Waals surface area contributed by atoms with Gasteiger partial charge in [0.15, 0.2) is 11.4 Å². The first-order valence-electron chi connectivity index (χ1n) is 7.34. The molecule has 7 nitrogen and oxygen atoms in total. The van der Waals surface area contributed by atoms with Crippen molar-refractivity contribution in [2.24, 2.45) is 0 Å². The molecule has 0 aliphatic rings. The SMILES string of the molecule is CC(O)(CNc1nc(-c2cccnc2)nc2ccccc12)C(=O)O. The minimum absolute atomic E-state index is 0.185. The number of aromatic nitrogens is 3. The predicted octanol–water partition coefficient (Wildman–Crippen LogP) is 1.94. The Balaban J connectivity index is 2.04. The van der Waals surface area contributed by atoms with Gasteiger partial charge in [-0.3, -0.25) is 4.98 Å². The van der Waals surface area contributed by atoms with Crippen LogP contribution in [0.1, 0.15) is 6.92 Å². The molecular weight excluding hydrogens is 308 g/mol. The molecule has 2 heterocycles. The summed E-state index contributed by atoms with van der Waals surface area (Å²) in [4.78, 5) is 24.1. The lowest BCUT2D eigenvalue weighted by atomic mass is 10.1. The molecule has 3 N–H and O–H groups in total. The molecule has 0 aliphatic heterocycles. The van der Waals surface area contributed by atoms with E-state index < -0.39 is 11.6 Å². The van der Waals surface area contributed by atoms with Crippen LogP contribution < -0.4 is 5.32 Å². The molecule has 1 aromatic carbocycles. The third-order valence-electron chi connectivity index (χ3n) is 3.58. The molecule has 0 aliphatic carbocycles. The molecule has 0 spiro atoms. The van der Waals surface area contributed by atoms with Crippen molar-refractivity contribution in [3.63, 3.8) is 0 Å². The fourth-order valence-corrected chi connectivity index (χ4v) is 2.17. The molecule has 0 fully saturated rings. The van der Waals surface area contributed by atoms with Gasteiger partial charge in [0, 0.05) is 23.3 Å². The zero-order valence-corrected chi connectivity index (χ0v) is 13.0. The summed E-state index contributed by atoms with van der Waals surface area (Å²) in [5.41, 5.74) is -0.444. The highest BCUT2D eigenvalue weighted by atomic mass is 16.4. The fraction of sp³-hybridized carbons (Fsp3) is 0.176. The molecule has 1 atom stereocenters. The van der Waals surface area contributed by atoms with Crippen molar-refractivity contribution in [1.82, 2.24) is 15.0 Å². The standard InChI is InChI=1S/C17H16N4O3/c1-17(24,16(22)23)10-19-15-12-6-2-3-7-13(12)20-14(21-15)11-5-4-8-18-9-11/h2-9,24H,10H2,1H3,(H,22,23)(H,19,20,21). The summed E-state index contributed by atoms with van der Waals surface area (Å²) in [7, 11) is 0. The highest BCUT2D eigenvalue weighted by Crippen LogP contribution is 2.24. The first-order chi connectivity index (χ1) is 11.5. The Labute approximate surface area is 138 Å². The number of benzene rings is 1. The number of nitrogens with zero attached hydrogens (tertiary/aromatic N) is 3. The summed E-state index contributed by atoms with van der Waals surface area (Å²) in [5.74, 6) is -0.374. The van der Waals surface area contributed by atoms with Crippen LogP contribution in [-0.4, -0.2) is 43.3 Å². The van der Waals surface area contributed by atoms with Crippen molar-refractivity contribution in [1.29, 1.82) is 0 Å². The Hall–Kier alpha value is -3.06. The topological polar surface area (TPSA) is 108 Å². The molecule has 3 rings (SSSR count). The third kappa shape index (κ3) is 3.16. The van der Waals surface area contributed by atoms with E-state index in [0.717, 1.165) is 10.9 Å². The predicted molar refractivity (Wildman–Crippen MR) is 89.5 cm³/mol. The van der Waals surface area contributed by atoms with Crippen molar-refractivity contribution in [2.75, 3.05) is 11.9 Å². The van der Waals surface area contributed by atoms with Gasteiger partial charge in [-0.05, 0) is 31.2 Å². The second-order valence-electron chi connectivity index (χ2n) is 5.59. The molecule has 3 aromatic rings. The van der Waals surface area contributed by atoms with E-state index in [-0.39, 0.29) is 6.54 Å². The van der Waals surface area contributed by atoms with Gasteiger partial charge in [-0.25, -0.2) is 14.8 Å². The molecule has 0 saturated carbocycles. The number of carboxylic acids is 1. The van der Waals surface area contributed by atoms with Crippen LogP contribution in [0.5, 0.6) is 0 Å². The number of aliphatic hydroxyl groups is 1. The maximum Gasteiger partial charge on any atom is 0.337 e. The van der Waals surface area contributed by atoms with Crippen molar-refractivity contribution >= 4 is 22.7 Å². The van der Waals surface area contributed by atoms with E-state index in [9.17, 15) is 9.90 Å². The van der Waals surface area contributed by atoms with Crippen molar-refractivity contribution in [3.05, 3.63) is 48.8 Å². The van der Waals surface area contributed by atoms with Gasteiger partial charge in [-0.1, -0.05) is 12.1 Å². The first kappa shape index (κ1) is 15.8. The number of para-hydroxylation sites is 1. The molecule has 0 bridgehead atoms. The quantitative estimate of drug-likeness (QED) is 0.658. The van der Waals surface area contributed by atoms with E-state index in [1.807, 2.05) is 30.3 Å². The van der Waals surface area contributed by atoms with Gasteiger partial charge in [0.05, 0.1) is 12.1 Å². The van der Waals surface area contributed by atoms with E-state index in [2.05, 4.69) is 20.3 Å². The molecule has 1 unspecified atom stereocenters. The number of fused-ring (bicyclic) bond motifs is 1. The van der Waals surface area contributed by atoms with E-state index in [4.69, 9.17) is 5.11 Å². The molecule has 7 heteroatoms. The van der Waals surface area contributed by atoms with E-state index in [1.165, 1.54) is 6.92 Å². The second-order valence-corrected chi connectivity index (χ2v) is 5.59. The van der Waals surface area contributed by atoms with Crippen LogP contribution in [0, 0.1) is 0 Å². The number of aliphatic carboxylic acids is 1. The van der Waals surface area contributed by atoms with Crippen LogP contribution in [0.15, 0.2) is 48.8 Å². The number of rotatable bonds is 5. The van der Waals surface area contributed by atoms with Crippen molar-refractivity contribution < 1.29 is 15.0 Å². The lowest BCUT2D eigenvalue weighted by Gasteiger charge is -2.19. The molecule has 0 saturated heterocycles. The van der Waals surface area contributed by atoms with E-state index in [0.29, 0.717) is 17.2 Å². The fourth-order valence-electron chi connectivity index (χ4n) is 2.17. The summed E-state index contributed by atoms with van der Waals surface area (Å²) >= 11 is 0. The number of nitrogens with one attached hydrogen (secondary N) is 1. The summed E-state index contributed by atoms with van der Waals surface area (Å²) < 4.78 is 0. The monoisotopic (exact) mass is 324 g/mol. The summed E-state index contributed by atoms with van der Waals surface area (Å²) in [6.45, 7) is 1.05. The van der Waals surface area contributed by atoms with Crippen LogP contribution in [0.4, 0.5) is 5.82 Å². The number of anilines is 1. The average molecular weight is 324 g/mol. The summed E-state index contributed by atoms with van der Waals surface area (Å²) in [5, 5.41) is 22.6. The van der Waals surface area contributed by atoms with Gasteiger partial charge in [-0.2, -0.15) is 0 Å². The number of pyridine rings is 1. The zero-order chi connectivity index (χ0) is 17.2. The molecule has 122 valence electrons. The highest BCUT2D eigenvalue weighted by Gasteiger charge is 2.30. The number of carbonyl (C=O) groups is 1. The Bertz CT molecular complexity index is 881. The molecule has 0 radical (unpaired) electrons. The van der Waals surface area contributed by atoms with Gasteiger partial charge in [-0.15, -0.1) is 0 Å². The zero-order valence-electron chi connectivity index (χ0n) is 13.0. The molecule has 24 heavy (non-hydrogen) atoms. The minimum atomic E-state index is -1.90. The van der Waals surface area contributed by atoms with Gasteiger partial charge in [0.25, 0.3) is 0 Å². The third-order valence-corrected chi connectivity index (χ3v) is 3.58. The minimum Gasteiger partial charge on any atom is -0.479 e. The number of hydrogen-bond donors (Lipinski definition) is 3. The second kappa shape index (κ2) is 6.21. The Morgan fingerprint density at radius 2 is 2.00 bits per heavy atom. The van der Waals surface area contributed by atoms with Crippen LogP contribution in [0.3, 0.4) is 0 Å². The van der Waals surface area contributed by atoms with Crippen LogP contribution in [-0.2, 0) is 4.79 Å². The van der Waals surface area contributed by atoms with E-state index >= 15 is 0 Å². The smallest absolute Gasteiger partial charge is 0.337 e. The van der Waals surface area contributed by atoms with Crippen molar-refractivity contribution in [2.45, 2.75) is 12.5 Å². The van der Waals surface area contributed by atoms with Gasteiger partial charge >= 0.3 is 5.97 Å². The lowest BCUT2D eigenvalue weighted by Crippen LogP contribution is -2.42. The normalized spacial score (nSPS) is 13.4. The molecular formula is C17H16N4O3. The van der Waals surface area contributed by atoms with E-state index in [1.54, 1.807) is 18.5 Å². The summed E-state index contributed by atoms with van der Waals surface area (Å²) in [6, 6.07) is 11.0. The average Bonchev–Trinajstić information content (AvgIpc) is 2.60. The van der Waals surface area contributed by atoms with Gasteiger partial charge in [0.1, 0.15) is 5.82 Å².